The molecule has 0 aliphatic rings. The van der Waals surface area contributed by atoms with E-state index in [1.54, 1.807) is 0 Å². The van der Waals surface area contributed by atoms with E-state index in [0.29, 0.717) is 12.8 Å². The summed E-state index contributed by atoms with van der Waals surface area (Å²) < 4.78 is 0. The maximum Gasteiger partial charge on any atom is 0.249 e. The summed E-state index contributed by atoms with van der Waals surface area (Å²) in [6.07, 6.45) is 62.9. The van der Waals surface area contributed by atoms with E-state index in [0.717, 1.165) is 32.1 Å². The molecule has 3 atom stereocenters. The summed E-state index contributed by atoms with van der Waals surface area (Å²) in [6.45, 7) is 4.28. The molecule has 0 aromatic carbocycles. The molecule has 0 spiro atoms. The number of nitrogens with one attached hydrogen (secondary N) is 1. The van der Waals surface area contributed by atoms with Gasteiger partial charge in [0.05, 0.1) is 18.8 Å². The number of aliphatic hydroxyl groups excluding tert-OH is 3. The van der Waals surface area contributed by atoms with Crippen LogP contribution in [0.4, 0.5) is 0 Å². The minimum atomic E-state index is -1.07. The molecule has 4 N–H and O–H groups in total. The molecule has 0 aromatic rings. The molecule has 0 bridgehead atoms. The Morgan fingerprint density at radius 3 is 0.738 bits per heavy atom. The molecule has 0 aliphatic heterocycles. The Bertz CT molecular complexity index is 822. The van der Waals surface area contributed by atoms with Gasteiger partial charge >= 0.3 is 0 Å². The SMILES string of the molecule is CCCCCCCCCCCCCCCCCCCCCCCCCCCCCCC(O)C(=O)NC(CO)C(O)CCCCCCCCCCCCCCCCCCCCC. The molecule has 0 saturated heterocycles. The van der Waals surface area contributed by atoms with Gasteiger partial charge in [0.1, 0.15) is 6.10 Å². The number of hydrogen-bond acceptors (Lipinski definition) is 4. The average molecular weight is 865 g/mol. The van der Waals surface area contributed by atoms with Crippen molar-refractivity contribution in [3.8, 4) is 0 Å². The Morgan fingerprint density at radius 1 is 0.328 bits per heavy atom. The first-order chi connectivity index (χ1) is 30.1. The zero-order valence-corrected chi connectivity index (χ0v) is 41.8. The van der Waals surface area contributed by atoms with Gasteiger partial charge in [-0.25, -0.2) is 0 Å². The molecular formula is C56H113NO4. The van der Waals surface area contributed by atoms with Crippen molar-refractivity contribution in [1.29, 1.82) is 0 Å². The second kappa shape index (κ2) is 52.0. The van der Waals surface area contributed by atoms with Crippen LogP contribution < -0.4 is 5.32 Å². The fourth-order valence-electron chi connectivity index (χ4n) is 9.31. The van der Waals surface area contributed by atoms with Crippen molar-refractivity contribution in [1.82, 2.24) is 5.32 Å². The van der Waals surface area contributed by atoms with E-state index in [9.17, 15) is 20.1 Å². The highest BCUT2D eigenvalue weighted by Crippen LogP contribution is 2.19. The fourth-order valence-corrected chi connectivity index (χ4v) is 9.31. The first-order valence-electron chi connectivity index (χ1n) is 28.3. The standard InChI is InChI=1S/C56H113NO4/c1-3-5-7-9-11-13-15-17-19-21-23-24-25-26-27-28-29-30-31-33-35-37-39-41-43-45-47-49-51-55(60)56(61)57-53(52-58)54(59)50-48-46-44-42-40-38-36-34-32-22-20-18-16-14-12-10-8-6-4-2/h53-55,58-60H,3-52H2,1-2H3,(H,57,61). The zero-order valence-electron chi connectivity index (χ0n) is 41.8. The second-order valence-corrected chi connectivity index (χ2v) is 19.9. The summed E-state index contributed by atoms with van der Waals surface area (Å²) >= 11 is 0. The average Bonchev–Trinajstić information content (AvgIpc) is 3.26. The quantitative estimate of drug-likeness (QED) is 0.0459. The van der Waals surface area contributed by atoms with Crippen LogP contribution in [-0.2, 0) is 4.79 Å². The molecule has 1 amide bonds. The lowest BCUT2D eigenvalue weighted by molar-refractivity contribution is -0.131. The lowest BCUT2D eigenvalue weighted by Crippen LogP contribution is -2.49. The first-order valence-corrected chi connectivity index (χ1v) is 28.3. The molecule has 0 saturated carbocycles. The number of hydrogen-bond donors (Lipinski definition) is 4. The smallest absolute Gasteiger partial charge is 0.249 e. The first kappa shape index (κ1) is 60.4. The van der Waals surface area contributed by atoms with Crippen LogP contribution in [0.1, 0.15) is 328 Å². The van der Waals surface area contributed by atoms with Crippen LogP contribution >= 0.6 is 0 Å². The number of rotatable bonds is 53. The van der Waals surface area contributed by atoms with Gasteiger partial charge < -0.3 is 20.6 Å². The summed E-state index contributed by atoms with van der Waals surface area (Å²) in [5, 5.41) is 33.5. The summed E-state index contributed by atoms with van der Waals surface area (Å²) in [6, 6.07) is -0.707. The Kier molecular flexibility index (Phi) is 51.4. The lowest BCUT2D eigenvalue weighted by Gasteiger charge is -2.23. The Labute approximate surface area is 383 Å². The molecule has 0 aliphatic carbocycles. The molecule has 0 aromatic heterocycles. The van der Waals surface area contributed by atoms with E-state index in [1.165, 1.54) is 270 Å². The van der Waals surface area contributed by atoms with Gasteiger partial charge in [-0.3, -0.25) is 4.79 Å². The van der Waals surface area contributed by atoms with Crippen molar-refractivity contribution in [2.24, 2.45) is 0 Å². The third kappa shape index (κ3) is 47.1. The lowest BCUT2D eigenvalue weighted by atomic mass is 10.0. The van der Waals surface area contributed by atoms with E-state index < -0.39 is 24.2 Å². The Hall–Kier alpha value is -0.650. The minimum absolute atomic E-state index is 0.307. The van der Waals surface area contributed by atoms with E-state index in [-0.39, 0.29) is 6.61 Å². The van der Waals surface area contributed by atoms with E-state index in [1.807, 2.05) is 0 Å². The van der Waals surface area contributed by atoms with Gasteiger partial charge in [0.15, 0.2) is 0 Å². The normalized spacial score (nSPS) is 13.2. The molecule has 0 rings (SSSR count). The van der Waals surface area contributed by atoms with E-state index in [2.05, 4.69) is 19.2 Å². The Balaban J connectivity index is 3.47. The van der Waals surface area contributed by atoms with Crippen molar-refractivity contribution in [3.05, 3.63) is 0 Å². The minimum Gasteiger partial charge on any atom is -0.394 e. The summed E-state index contributed by atoms with van der Waals surface area (Å²) in [5.74, 6) is -0.462. The van der Waals surface area contributed by atoms with Gasteiger partial charge in [0.2, 0.25) is 5.91 Å². The molecular weight excluding hydrogens is 751 g/mol. The number of unbranched alkanes of at least 4 members (excludes halogenated alkanes) is 45. The molecule has 0 fully saturated rings. The maximum absolute atomic E-state index is 12.6. The molecule has 366 valence electrons. The van der Waals surface area contributed by atoms with Crippen LogP contribution in [0.3, 0.4) is 0 Å². The van der Waals surface area contributed by atoms with Gasteiger partial charge in [0, 0.05) is 0 Å². The number of carbonyl (C=O) groups excluding carboxylic acids is 1. The summed E-state index contributed by atoms with van der Waals surface area (Å²) in [5.41, 5.74) is 0. The topological polar surface area (TPSA) is 89.8 Å². The summed E-state index contributed by atoms with van der Waals surface area (Å²) in [7, 11) is 0. The van der Waals surface area contributed by atoms with Gasteiger partial charge in [-0.05, 0) is 12.8 Å². The van der Waals surface area contributed by atoms with E-state index >= 15 is 0 Å². The maximum atomic E-state index is 12.6. The van der Waals surface area contributed by atoms with Crippen molar-refractivity contribution in [2.45, 2.75) is 347 Å². The van der Waals surface area contributed by atoms with Gasteiger partial charge in [-0.1, -0.05) is 316 Å². The number of amides is 1. The van der Waals surface area contributed by atoms with Crippen molar-refractivity contribution in [3.63, 3.8) is 0 Å². The molecule has 0 heterocycles. The van der Waals surface area contributed by atoms with Gasteiger partial charge in [-0.2, -0.15) is 0 Å². The highest BCUT2D eigenvalue weighted by atomic mass is 16.3. The second-order valence-electron chi connectivity index (χ2n) is 19.9. The largest absolute Gasteiger partial charge is 0.394 e. The van der Waals surface area contributed by atoms with Crippen LogP contribution in [0.5, 0.6) is 0 Å². The van der Waals surface area contributed by atoms with Crippen LogP contribution in [0.2, 0.25) is 0 Å². The van der Waals surface area contributed by atoms with Crippen molar-refractivity contribution < 1.29 is 20.1 Å². The predicted octanol–water partition coefficient (Wildman–Crippen LogP) is 17.3. The monoisotopic (exact) mass is 864 g/mol. The highest BCUT2D eigenvalue weighted by Gasteiger charge is 2.23. The molecule has 0 radical (unpaired) electrons. The van der Waals surface area contributed by atoms with Crippen LogP contribution in [0.25, 0.3) is 0 Å². The van der Waals surface area contributed by atoms with Crippen molar-refractivity contribution >= 4 is 5.91 Å². The van der Waals surface area contributed by atoms with Gasteiger partial charge in [0.25, 0.3) is 0 Å². The fraction of sp³-hybridized carbons (Fsp3) is 0.982. The Morgan fingerprint density at radius 2 is 0.525 bits per heavy atom. The van der Waals surface area contributed by atoms with Crippen LogP contribution in [-0.4, -0.2) is 46.1 Å². The third-order valence-corrected chi connectivity index (χ3v) is 13.7. The summed E-state index contributed by atoms with van der Waals surface area (Å²) in [4.78, 5) is 12.6. The van der Waals surface area contributed by atoms with E-state index in [4.69, 9.17) is 0 Å². The van der Waals surface area contributed by atoms with Crippen molar-refractivity contribution in [2.75, 3.05) is 6.61 Å². The third-order valence-electron chi connectivity index (χ3n) is 13.7. The molecule has 5 nitrogen and oxygen atoms in total. The molecule has 5 heteroatoms. The predicted molar refractivity (Wildman–Crippen MR) is 269 cm³/mol. The van der Waals surface area contributed by atoms with Crippen LogP contribution in [0.15, 0.2) is 0 Å². The molecule has 3 unspecified atom stereocenters. The zero-order chi connectivity index (χ0) is 44.4. The number of carbonyl (C=O) groups is 1. The molecule has 61 heavy (non-hydrogen) atoms. The number of aliphatic hydroxyl groups is 3. The van der Waals surface area contributed by atoms with Crippen LogP contribution in [0, 0.1) is 0 Å². The van der Waals surface area contributed by atoms with Gasteiger partial charge in [-0.15, -0.1) is 0 Å². The highest BCUT2D eigenvalue weighted by molar-refractivity contribution is 5.80.